The fraction of sp³-hybridized carbons (Fsp3) is 0.636. The standard InChI is InChI=1S/C11H16N4OS/c1-13-11-14-9(12)8(17-11)10(16)15-5-6-2-3-7(15)4-6/h6-7H,2-5,12H2,1H3,(H,13,14). The minimum atomic E-state index is 0.0636. The van der Waals surface area contributed by atoms with Crippen LogP contribution >= 0.6 is 11.3 Å². The fourth-order valence-corrected chi connectivity index (χ4v) is 3.69. The van der Waals surface area contributed by atoms with E-state index in [0.29, 0.717) is 27.8 Å². The Balaban J connectivity index is 1.84. The fourth-order valence-electron chi connectivity index (χ4n) is 2.90. The van der Waals surface area contributed by atoms with E-state index < -0.39 is 0 Å². The molecule has 92 valence electrons. The average molecular weight is 252 g/mol. The van der Waals surface area contributed by atoms with Crippen molar-refractivity contribution in [3.63, 3.8) is 0 Å². The third-order valence-electron chi connectivity index (χ3n) is 3.73. The summed E-state index contributed by atoms with van der Waals surface area (Å²) in [5.74, 6) is 1.13. The molecule has 0 radical (unpaired) electrons. The Labute approximate surface area is 104 Å². The number of nitrogens with two attached hydrogens (primary N) is 1. The van der Waals surface area contributed by atoms with Crippen molar-refractivity contribution in [2.75, 3.05) is 24.6 Å². The van der Waals surface area contributed by atoms with Crippen molar-refractivity contribution in [3.8, 4) is 0 Å². The molecule has 17 heavy (non-hydrogen) atoms. The van der Waals surface area contributed by atoms with Crippen LogP contribution in [0.15, 0.2) is 0 Å². The predicted octanol–water partition coefficient (Wildman–Crippen LogP) is 1.39. The Morgan fingerprint density at radius 2 is 2.41 bits per heavy atom. The monoisotopic (exact) mass is 252 g/mol. The number of aromatic nitrogens is 1. The van der Waals surface area contributed by atoms with E-state index >= 15 is 0 Å². The Morgan fingerprint density at radius 3 is 2.94 bits per heavy atom. The lowest BCUT2D eigenvalue weighted by Crippen LogP contribution is -2.37. The lowest BCUT2D eigenvalue weighted by Gasteiger charge is -2.26. The first-order valence-electron chi connectivity index (χ1n) is 5.94. The molecule has 1 amide bonds. The molecule has 2 heterocycles. The summed E-state index contributed by atoms with van der Waals surface area (Å²) in [7, 11) is 1.78. The first-order chi connectivity index (χ1) is 8.19. The van der Waals surface area contributed by atoms with Crippen LogP contribution in [0.5, 0.6) is 0 Å². The van der Waals surface area contributed by atoms with Crippen LogP contribution < -0.4 is 11.1 Å². The van der Waals surface area contributed by atoms with Crippen molar-refractivity contribution in [2.45, 2.75) is 25.3 Å². The third kappa shape index (κ3) is 1.67. The van der Waals surface area contributed by atoms with Gasteiger partial charge in [-0.1, -0.05) is 11.3 Å². The maximum atomic E-state index is 12.4. The van der Waals surface area contributed by atoms with Crippen LogP contribution in [0.3, 0.4) is 0 Å². The molecular weight excluding hydrogens is 236 g/mol. The zero-order chi connectivity index (χ0) is 12.0. The van der Waals surface area contributed by atoms with Gasteiger partial charge in [0.05, 0.1) is 0 Å². The minimum absolute atomic E-state index is 0.0636. The summed E-state index contributed by atoms with van der Waals surface area (Å²) >= 11 is 1.34. The third-order valence-corrected chi connectivity index (χ3v) is 4.81. The molecule has 0 spiro atoms. The quantitative estimate of drug-likeness (QED) is 0.834. The van der Waals surface area contributed by atoms with Crippen LogP contribution in [0.1, 0.15) is 28.9 Å². The minimum Gasteiger partial charge on any atom is -0.382 e. The zero-order valence-electron chi connectivity index (χ0n) is 9.77. The number of thiazole rings is 1. The number of likely N-dealkylation sites (tertiary alicyclic amines) is 1. The number of nitrogen functional groups attached to an aromatic ring is 1. The number of fused-ring (bicyclic) bond motifs is 2. The highest BCUT2D eigenvalue weighted by molar-refractivity contribution is 7.18. The number of nitrogens with zero attached hydrogens (tertiary/aromatic N) is 2. The first kappa shape index (κ1) is 10.8. The summed E-state index contributed by atoms with van der Waals surface area (Å²) in [5, 5.41) is 3.63. The molecular formula is C11H16N4OS. The lowest BCUT2D eigenvalue weighted by molar-refractivity contribution is 0.0709. The van der Waals surface area contributed by atoms with E-state index in [1.807, 2.05) is 4.90 Å². The largest absolute Gasteiger partial charge is 0.382 e. The van der Waals surface area contributed by atoms with Gasteiger partial charge in [-0.15, -0.1) is 0 Å². The molecule has 2 atom stereocenters. The molecule has 1 aromatic heterocycles. The molecule has 2 bridgehead atoms. The molecule has 0 aromatic carbocycles. The second kappa shape index (κ2) is 3.87. The number of rotatable bonds is 2. The van der Waals surface area contributed by atoms with Crippen molar-refractivity contribution in [2.24, 2.45) is 5.92 Å². The normalized spacial score (nSPS) is 26.5. The van der Waals surface area contributed by atoms with Crippen LogP contribution in [-0.2, 0) is 0 Å². The van der Waals surface area contributed by atoms with E-state index in [0.717, 1.165) is 13.0 Å². The Bertz CT molecular complexity index is 458. The molecule has 1 aliphatic carbocycles. The van der Waals surface area contributed by atoms with Crippen LogP contribution in [0.4, 0.5) is 10.9 Å². The van der Waals surface area contributed by atoms with E-state index in [1.165, 1.54) is 24.2 Å². The van der Waals surface area contributed by atoms with E-state index in [4.69, 9.17) is 5.73 Å². The van der Waals surface area contributed by atoms with Gasteiger partial charge in [-0.05, 0) is 25.2 Å². The van der Waals surface area contributed by atoms with Gasteiger partial charge in [0.25, 0.3) is 5.91 Å². The maximum absolute atomic E-state index is 12.4. The SMILES string of the molecule is CNc1nc(N)c(C(=O)N2CC3CCC2C3)s1. The van der Waals surface area contributed by atoms with E-state index in [9.17, 15) is 4.79 Å². The molecule has 1 saturated carbocycles. The van der Waals surface area contributed by atoms with Gasteiger partial charge in [-0.3, -0.25) is 4.79 Å². The van der Waals surface area contributed by atoms with Crippen molar-refractivity contribution < 1.29 is 4.79 Å². The van der Waals surface area contributed by atoms with Gasteiger partial charge in [0.15, 0.2) is 5.13 Å². The smallest absolute Gasteiger partial charge is 0.268 e. The van der Waals surface area contributed by atoms with Crippen LogP contribution in [0.2, 0.25) is 0 Å². The Kier molecular flexibility index (Phi) is 2.47. The number of hydrogen-bond donors (Lipinski definition) is 2. The number of hydrogen-bond acceptors (Lipinski definition) is 5. The summed E-state index contributed by atoms with van der Waals surface area (Å²) in [6.07, 6.45) is 3.59. The van der Waals surface area contributed by atoms with Crippen molar-refractivity contribution in [1.82, 2.24) is 9.88 Å². The average Bonchev–Trinajstić information content (AvgIpc) is 3.01. The number of carbonyl (C=O) groups is 1. The second-order valence-corrected chi connectivity index (χ2v) is 5.77. The zero-order valence-corrected chi connectivity index (χ0v) is 10.6. The molecule has 2 aliphatic rings. The molecule has 3 rings (SSSR count). The summed E-state index contributed by atoms with van der Waals surface area (Å²) in [6.45, 7) is 0.899. The molecule has 1 aliphatic heterocycles. The molecule has 2 unspecified atom stereocenters. The molecule has 6 heteroatoms. The van der Waals surface area contributed by atoms with E-state index in [2.05, 4.69) is 10.3 Å². The summed E-state index contributed by atoms with van der Waals surface area (Å²) in [6, 6.07) is 0.437. The van der Waals surface area contributed by atoms with Gasteiger partial charge in [0.1, 0.15) is 10.7 Å². The molecule has 5 nitrogen and oxygen atoms in total. The number of nitrogens with one attached hydrogen (secondary N) is 1. The first-order valence-corrected chi connectivity index (χ1v) is 6.75. The van der Waals surface area contributed by atoms with Crippen molar-refractivity contribution in [3.05, 3.63) is 4.88 Å². The summed E-state index contributed by atoms with van der Waals surface area (Å²) in [5.41, 5.74) is 5.80. The number of anilines is 2. The van der Waals surface area contributed by atoms with Gasteiger partial charge in [-0.25, -0.2) is 4.98 Å². The Morgan fingerprint density at radius 1 is 1.59 bits per heavy atom. The van der Waals surface area contributed by atoms with Crippen molar-refractivity contribution in [1.29, 1.82) is 0 Å². The lowest BCUT2D eigenvalue weighted by atomic mass is 10.1. The van der Waals surface area contributed by atoms with Crippen LogP contribution in [0, 0.1) is 5.92 Å². The van der Waals surface area contributed by atoms with E-state index in [-0.39, 0.29) is 5.91 Å². The van der Waals surface area contributed by atoms with Gasteiger partial charge in [0.2, 0.25) is 0 Å². The topological polar surface area (TPSA) is 71.2 Å². The second-order valence-electron chi connectivity index (χ2n) is 4.77. The maximum Gasteiger partial charge on any atom is 0.268 e. The predicted molar refractivity (Wildman–Crippen MR) is 68.2 cm³/mol. The van der Waals surface area contributed by atoms with Crippen LogP contribution in [-0.4, -0.2) is 35.4 Å². The summed E-state index contributed by atoms with van der Waals surface area (Å²) in [4.78, 5) is 19.1. The van der Waals surface area contributed by atoms with Gasteiger partial charge in [0, 0.05) is 19.6 Å². The Hall–Kier alpha value is -1.30. The number of piperidine rings is 1. The highest BCUT2D eigenvalue weighted by Crippen LogP contribution is 2.39. The van der Waals surface area contributed by atoms with Gasteiger partial charge in [-0.2, -0.15) is 0 Å². The van der Waals surface area contributed by atoms with Crippen LogP contribution in [0.25, 0.3) is 0 Å². The molecule has 3 N–H and O–H groups in total. The molecule has 1 saturated heterocycles. The number of carbonyl (C=O) groups excluding carboxylic acids is 1. The highest BCUT2D eigenvalue weighted by atomic mass is 32.1. The van der Waals surface area contributed by atoms with Gasteiger partial charge < -0.3 is 16.0 Å². The summed E-state index contributed by atoms with van der Waals surface area (Å²) < 4.78 is 0. The molecule has 1 aromatic rings. The molecule has 2 fully saturated rings. The highest BCUT2D eigenvalue weighted by Gasteiger charge is 2.41. The van der Waals surface area contributed by atoms with E-state index in [1.54, 1.807) is 7.05 Å². The van der Waals surface area contributed by atoms with Gasteiger partial charge >= 0.3 is 0 Å². The van der Waals surface area contributed by atoms with Crippen molar-refractivity contribution >= 4 is 28.2 Å². The number of amides is 1.